The van der Waals surface area contributed by atoms with Crippen molar-refractivity contribution in [3.63, 3.8) is 0 Å². The van der Waals surface area contributed by atoms with Crippen LogP contribution in [0.1, 0.15) is 26.3 Å². The van der Waals surface area contributed by atoms with E-state index in [2.05, 4.69) is 30.7 Å². The monoisotopic (exact) mass is 347 g/mol. The molecule has 1 aliphatic rings. The molecule has 4 nitrogen and oxygen atoms in total. The fraction of sp³-hybridized carbons (Fsp3) is 0.526. The molecule has 1 aliphatic heterocycles. The number of carbonyl (C=O) groups excluding carboxylic acids is 1. The van der Waals surface area contributed by atoms with E-state index in [1.807, 2.05) is 29.3 Å². The van der Waals surface area contributed by atoms with Gasteiger partial charge in [0.15, 0.2) is 0 Å². The molecule has 0 bridgehead atoms. The Kier molecular flexibility index (Phi) is 4.88. The molecule has 130 valence electrons. The van der Waals surface area contributed by atoms with Gasteiger partial charge < -0.3 is 9.88 Å². The first kappa shape index (κ1) is 17.3. The van der Waals surface area contributed by atoms with Crippen molar-refractivity contribution < 1.29 is 4.79 Å². The summed E-state index contributed by atoms with van der Waals surface area (Å²) in [7, 11) is 0. The van der Waals surface area contributed by atoms with Gasteiger partial charge in [0, 0.05) is 54.8 Å². The molecule has 0 aliphatic carbocycles. The van der Waals surface area contributed by atoms with Gasteiger partial charge in [0.1, 0.15) is 0 Å². The number of carbonyl (C=O) groups is 1. The zero-order valence-electron chi connectivity index (χ0n) is 14.7. The molecule has 2 aromatic rings. The molecule has 3 rings (SSSR count). The number of aromatic amines is 1. The van der Waals surface area contributed by atoms with E-state index in [0.717, 1.165) is 49.2 Å². The second kappa shape index (κ2) is 6.77. The van der Waals surface area contributed by atoms with Gasteiger partial charge >= 0.3 is 0 Å². The SMILES string of the molecule is CC(C)(C)CN1CCN(C(=O)Cc2c[nH]c3ccc(Cl)cc23)CC1. The Bertz CT molecular complexity index is 724. The van der Waals surface area contributed by atoms with Crippen LogP contribution in [0.2, 0.25) is 5.02 Å². The Morgan fingerprint density at radius 2 is 1.92 bits per heavy atom. The number of halogens is 1. The summed E-state index contributed by atoms with van der Waals surface area (Å²) in [5.74, 6) is 0.200. The van der Waals surface area contributed by atoms with Crippen molar-refractivity contribution in [2.75, 3.05) is 32.7 Å². The summed E-state index contributed by atoms with van der Waals surface area (Å²) in [6, 6.07) is 5.74. The van der Waals surface area contributed by atoms with Gasteiger partial charge in [-0.2, -0.15) is 0 Å². The zero-order valence-corrected chi connectivity index (χ0v) is 15.5. The van der Waals surface area contributed by atoms with E-state index in [1.165, 1.54) is 0 Å². The molecule has 1 fully saturated rings. The third kappa shape index (κ3) is 4.11. The highest BCUT2D eigenvalue weighted by atomic mass is 35.5. The predicted octanol–water partition coefficient (Wildman–Crippen LogP) is 3.55. The standard InChI is InChI=1S/C19H26ClN3O/c1-19(2,3)13-22-6-8-23(9-7-22)18(24)10-14-12-21-17-5-4-15(20)11-16(14)17/h4-5,11-12,21H,6-10,13H2,1-3H3. The van der Waals surface area contributed by atoms with E-state index >= 15 is 0 Å². The molecule has 2 heterocycles. The molecule has 0 atom stereocenters. The summed E-state index contributed by atoms with van der Waals surface area (Å²) in [5.41, 5.74) is 2.35. The number of benzene rings is 1. The van der Waals surface area contributed by atoms with Gasteiger partial charge in [0.05, 0.1) is 6.42 Å². The Hall–Kier alpha value is -1.52. The lowest BCUT2D eigenvalue weighted by molar-refractivity contribution is -0.132. The first-order chi connectivity index (χ1) is 11.3. The van der Waals surface area contributed by atoms with Gasteiger partial charge in [-0.1, -0.05) is 32.4 Å². The fourth-order valence-electron chi connectivity index (χ4n) is 3.40. The number of H-pyrrole nitrogens is 1. The van der Waals surface area contributed by atoms with Crippen LogP contribution in [0.25, 0.3) is 10.9 Å². The molecule has 0 spiro atoms. The van der Waals surface area contributed by atoms with E-state index in [-0.39, 0.29) is 5.91 Å². The number of nitrogens with zero attached hydrogens (tertiary/aromatic N) is 2. The average molecular weight is 348 g/mol. The van der Waals surface area contributed by atoms with Crippen LogP contribution in [-0.4, -0.2) is 53.4 Å². The third-order valence-electron chi connectivity index (χ3n) is 4.49. The molecule has 1 aromatic heterocycles. The van der Waals surface area contributed by atoms with Crippen molar-refractivity contribution >= 4 is 28.4 Å². The van der Waals surface area contributed by atoms with Crippen molar-refractivity contribution in [3.05, 3.63) is 35.0 Å². The molecular formula is C19H26ClN3O. The van der Waals surface area contributed by atoms with Gasteiger partial charge in [-0.15, -0.1) is 0 Å². The lowest BCUT2D eigenvalue weighted by atomic mass is 9.96. The van der Waals surface area contributed by atoms with Crippen LogP contribution in [0.15, 0.2) is 24.4 Å². The summed E-state index contributed by atoms with van der Waals surface area (Å²) in [6.07, 6.45) is 2.36. The van der Waals surface area contributed by atoms with Crippen LogP contribution in [0.3, 0.4) is 0 Å². The Labute approximate surface area is 148 Å². The maximum absolute atomic E-state index is 12.6. The average Bonchev–Trinajstić information content (AvgIpc) is 2.88. The predicted molar refractivity (Wildman–Crippen MR) is 99.5 cm³/mol. The van der Waals surface area contributed by atoms with E-state index < -0.39 is 0 Å². The maximum atomic E-state index is 12.6. The molecule has 0 radical (unpaired) electrons. The number of hydrogen-bond acceptors (Lipinski definition) is 2. The number of nitrogens with one attached hydrogen (secondary N) is 1. The zero-order chi connectivity index (χ0) is 17.3. The van der Waals surface area contributed by atoms with Gasteiger partial charge in [-0.05, 0) is 29.2 Å². The van der Waals surface area contributed by atoms with E-state index in [9.17, 15) is 4.79 Å². The molecule has 1 aromatic carbocycles. The van der Waals surface area contributed by atoms with Gasteiger partial charge in [-0.3, -0.25) is 9.69 Å². The lowest BCUT2D eigenvalue weighted by Crippen LogP contribution is -2.50. The van der Waals surface area contributed by atoms with E-state index in [0.29, 0.717) is 16.9 Å². The van der Waals surface area contributed by atoms with Gasteiger partial charge in [0.2, 0.25) is 5.91 Å². The Morgan fingerprint density at radius 3 is 2.58 bits per heavy atom. The fourth-order valence-corrected chi connectivity index (χ4v) is 3.57. The Morgan fingerprint density at radius 1 is 1.21 bits per heavy atom. The second-order valence-electron chi connectivity index (χ2n) is 7.90. The highest BCUT2D eigenvalue weighted by Gasteiger charge is 2.24. The Balaban J connectivity index is 1.60. The van der Waals surface area contributed by atoms with E-state index in [1.54, 1.807) is 0 Å². The number of hydrogen-bond donors (Lipinski definition) is 1. The smallest absolute Gasteiger partial charge is 0.227 e. The van der Waals surface area contributed by atoms with Crippen molar-refractivity contribution in [2.45, 2.75) is 27.2 Å². The minimum absolute atomic E-state index is 0.200. The normalized spacial score (nSPS) is 16.8. The van der Waals surface area contributed by atoms with E-state index in [4.69, 9.17) is 11.6 Å². The molecule has 1 amide bonds. The highest BCUT2D eigenvalue weighted by Crippen LogP contribution is 2.23. The highest BCUT2D eigenvalue weighted by molar-refractivity contribution is 6.31. The van der Waals surface area contributed by atoms with Gasteiger partial charge in [-0.25, -0.2) is 0 Å². The number of aromatic nitrogens is 1. The van der Waals surface area contributed by atoms with Crippen LogP contribution in [0.5, 0.6) is 0 Å². The minimum atomic E-state index is 0.200. The molecular weight excluding hydrogens is 322 g/mol. The molecule has 0 unspecified atom stereocenters. The van der Waals surface area contributed by atoms with Crippen LogP contribution in [0, 0.1) is 5.41 Å². The summed E-state index contributed by atoms with van der Waals surface area (Å²) < 4.78 is 0. The number of piperazine rings is 1. The first-order valence-electron chi connectivity index (χ1n) is 8.57. The van der Waals surface area contributed by atoms with Crippen molar-refractivity contribution in [2.24, 2.45) is 5.41 Å². The molecule has 0 saturated carbocycles. The summed E-state index contributed by atoms with van der Waals surface area (Å²) in [5, 5.41) is 1.74. The molecule has 1 saturated heterocycles. The first-order valence-corrected chi connectivity index (χ1v) is 8.95. The second-order valence-corrected chi connectivity index (χ2v) is 8.33. The molecule has 5 heteroatoms. The minimum Gasteiger partial charge on any atom is -0.361 e. The van der Waals surface area contributed by atoms with Crippen LogP contribution >= 0.6 is 11.6 Å². The largest absolute Gasteiger partial charge is 0.361 e. The van der Waals surface area contributed by atoms with Crippen molar-refractivity contribution in [3.8, 4) is 0 Å². The van der Waals surface area contributed by atoms with Crippen molar-refractivity contribution in [1.82, 2.24) is 14.8 Å². The molecule has 1 N–H and O–H groups in total. The summed E-state index contributed by atoms with van der Waals surface area (Å²) >= 11 is 6.09. The maximum Gasteiger partial charge on any atom is 0.227 e. The van der Waals surface area contributed by atoms with Gasteiger partial charge in [0.25, 0.3) is 0 Å². The molecule has 24 heavy (non-hydrogen) atoms. The van der Waals surface area contributed by atoms with Crippen LogP contribution in [0.4, 0.5) is 0 Å². The van der Waals surface area contributed by atoms with Crippen LogP contribution in [-0.2, 0) is 11.2 Å². The summed E-state index contributed by atoms with van der Waals surface area (Å²) in [4.78, 5) is 20.3. The quantitative estimate of drug-likeness (QED) is 0.922. The summed E-state index contributed by atoms with van der Waals surface area (Å²) in [6.45, 7) is 11.4. The van der Waals surface area contributed by atoms with Crippen molar-refractivity contribution in [1.29, 1.82) is 0 Å². The number of rotatable bonds is 3. The lowest BCUT2D eigenvalue weighted by Gasteiger charge is -2.37. The third-order valence-corrected chi connectivity index (χ3v) is 4.73. The topological polar surface area (TPSA) is 39.3 Å². The van der Waals surface area contributed by atoms with Crippen LogP contribution < -0.4 is 0 Å². The number of fused-ring (bicyclic) bond motifs is 1. The number of amides is 1.